The van der Waals surface area contributed by atoms with Crippen molar-refractivity contribution in [1.82, 2.24) is 0 Å². The van der Waals surface area contributed by atoms with Crippen LogP contribution in [0.2, 0.25) is 0 Å². The maximum absolute atomic E-state index is 10.6. The van der Waals surface area contributed by atoms with Crippen LogP contribution in [-0.4, -0.2) is 23.5 Å². The highest BCUT2D eigenvalue weighted by Gasteiger charge is 2.08. The van der Waals surface area contributed by atoms with Crippen LogP contribution in [0.15, 0.2) is 11.8 Å². The summed E-state index contributed by atoms with van der Waals surface area (Å²) in [6.45, 7) is 4.00. The largest absolute Gasteiger partial charge is 0.498 e. The molecule has 0 saturated heterocycles. The minimum absolute atomic E-state index is 0.407. The lowest BCUT2D eigenvalue weighted by molar-refractivity contribution is -0.146. The highest BCUT2D eigenvalue weighted by atomic mass is 16.5. The number of ether oxygens (including phenoxy) is 1. The summed E-state index contributed by atoms with van der Waals surface area (Å²) < 4.78 is 4.99. The van der Waals surface area contributed by atoms with E-state index in [1.165, 1.54) is 0 Å². The van der Waals surface area contributed by atoms with E-state index >= 15 is 0 Å². The SMILES string of the molecule is CCOC(=CC(=O)C(=O)O)CC. The van der Waals surface area contributed by atoms with Gasteiger partial charge in [0, 0.05) is 12.5 Å². The summed E-state index contributed by atoms with van der Waals surface area (Å²) in [4.78, 5) is 20.7. The van der Waals surface area contributed by atoms with E-state index in [0.717, 1.165) is 6.08 Å². The van der Waals surface area contributed by atoms with E-state index < -0.39 is 11.8 Å². The molecule has 0 aliphatic heterocycles. The fourth-order valence-electron chi connectivity index (χ4n) is 0.639. The van der Waals surface area contributed by atoms with Crippen molar-refractivity contribution in [3.63, 3.8) is 0 Å². The fourth-order valence-corrected chi connectivity index (χ4v) is 0.639. The first kappa shape index (κ1) is 10.7. The highest BCUT2D eigenvalue weighted by molar-refractivity contribution is 6.37. The second-order valence-corrected chi connectivity index (χ2v) is 2.07. The van der Waals surface area contributed by atoms with E-state index in [1.807, 2.05) is 0 Å². The topological polar surface area (TPSA) is 63.6 Å². The van der Waals surface area contributed by atoms with Gasteiger partial charge >= 0.3 is 5.97 Å². The number of carbonyl (C=O) groups is 2. The quantitative estimate of drug-likeness (QED) is 0.381. The van der Waals surface area contributed by atoms with Gasteiger partial charge in [-0.15, -0.1) is 0 Å². The molecule has 68 valence electrons. The lowest BCUT2D eigenvalue weighted by atomic mass is 10.3. The predicted octanol–water partition coefficient (Wildman–Crippen LogP) is 0.970. The molecular weight excluding hydrogens is 160 g/mol. The molecule has 0 spiro atoms. The average Bonchev–Trinajstić information content (AvgIpc) is 2.03. The molecule has 4 heteroatoms. The molecule has 0 fully saturated rings. The maximum Gasteiger partial charge on any atom is 0.376 e. The number of ketones is 1. The van der Waals surface area contributed by atoms with Gasteiger partial charge in [0.05, 0.1) is 12.4 Å². The first-order valence-electron chi connectivity index (χ1n) is 3.72. The number of hydrogen-bond acceptors (Lipinski definition) is 3. The van der Waals surface area contributed by atoms with Gasteiger partial charge in [-0.2, -0.15) is 0 Å². The molecule has 4 nitrogen and oxygen atoms in total. The molecule has 0 aromatic carbocycles. The molecule has 0 saturated carbocycles. The Bertz CT molecular complexity index is 205. The molecule has 0 bridgehead atoms. The van der Waals surface area contributed by atoms with Crippen molar-refractivity contribution < 1.29 is 19.4 Å². The van der Waals surface area contributed by atoms with E-state index in [-0.39, 0.29) is 0 Å². The lowest BCUT2D eigenvalue weighted by Gasteiger charge is -2.03. The first-order chi connectivity index (χ1) is 5.61. The standard InChI is InChI=1S/C8H12O4/c1-3-6(12-4-2)5-7(9)8(10)11/h5H,3-4H2,1-2H3,(H,10,11). The third kappa shape index (κ3) is 3.75. The summed E-state index contributed by atoms with van der Waals surface area (Å²) in [6.07, 6.45) is 1.53. The highest BCUT2D eigenvalue weighted by Crippen LogP contribution is 2.02. The van der Waals surface area contributed by atoms with Crippen molar-refractivity contribution in [1.29, 1.82) is 0 Å². The van der Waals surface area contributed by atoms with Crippen LogP contribution in [0, 0.1) is 0 Å². The van der Waals surface area contributed by atoms with Crippen LogP contribution in [0.5, 0.6) is 0 Å². The van der Waals surface area contributed by atoms with Crippen molar-refractivity contribution in [3.05, 3.63) is 11.8 Å². The van der Waals surface area contributed by atoms with Crippen molar-refractivity contribution >= 4 is 11.8 Å². The molecule has 0 aliphatic rings. The van der Waals surface area contributed by atoms with Crippen LogP contribution < -0.4 is 0 Å². The van der Waals surface area contributed by atoms with Gasteiger partial charge in [-0.25, -0.2) is 4.79 Å². The molecule has 12 heavy (non-hydrogen) atoms. The zero-order valence-corrected chi connectivity index (χ0v) is 7.16. The van der Waals surface area contributed by atoms with E-state index in [1.54, 1.807) is 13.8 Å². The van der Waals surface area contributed by atoms with Gasteiger partial charge in [-0.05, 0) is 6.92 Å². The third-order valence-corrected chi connectivity index (χ3v) is 1.18. The van der Waals surface area contributed by atoms with E-state index in [0.29, 0.717) is 18.8 Å². The summed E-state index contributed by atoms with van der Waals surface area (Å²) in [7, 11) is 0. The molecule has 0 radical (unpaired) electrons. The number of hydrogen-bond donors (Lipinski definition) is 1. The van der Waals surface area contributed by atoms with Gasteiger partial charge in [0.1, 0.15) is 0 Å². The molecule has 0 amide bonds. The summed E-state index contributed by atoms with van der Waals surface area (Å²) in [5, 5.41) is 8.24. The number of carboxylic acids is 1. The molecule has 0 aromatic rings. The Hall–Kier alpha value is -1.32. The van der Waals surface area contributed by atoms with Crippen LogP contribution in [0.3, 0.4) is 0 Å². The number of rotatable bonds is 5. The summed E-state index contributed by atoms with van der Waals surface area (Å²) in [5.41, 5.74) is 0. The molecule has 0 aliphatic carbocycles. The van der Waals surface area contributed by atoms with Crippen LogP contribution in [0.4, 0.5) is 0 Å². The Morgan fingerprint density at radius 2 is 2.00 bits per heavy atom. The van der Waals surface area contributed by atoms with Crippen molar-refractivity contribution in [2.75, 3.05) is 6.61 Å². The second kappa shape index (κ2) is 5.35. The molecule has 0 atom stereocenters. The summed E-state index contributed by atoms with van der Waals surface area (Å²) in [5.74, 6) is -1.99. The summed E-state index contributed by atoms with van der Waals surface area (Å²) >= 11 is 0. The van der Waals surface area contributed by atoms with Crippen molar-refractivity contribution in [3.8, 4) is 0 Å². The van der Waals surface area contributed by atoms with Gasteiger partial charge in [0.25, 0.3) is 5.78 Å². The van der Waals surface area contributed by atoms with E-state index in [4.69, 9.17) is 9.84 Å². The van der Waals surface area contributed by atoms with E-state index in [2.05, 4.69) is 0 Å². The summed E-state index contributed by atoms with van der Waals surface area (Å²) in [6, 6.07) is 0. The lowest BCUT2D eigenvalue weighted by Crippen LogP contribution is -2.10. The van der Waals surface area contributed by atoms with Gasteiger partial charge < -0.3 is 9.84 Å². The Morgan fingerprint density at radius 1 is 1.42 bits per heavy atom. The molecule has 0 heterocycles. The minimum atomic E-state index is -1.46. The van der Waals surface area contributed by atoms with Gasteiger partial charge in [0.2, 0.25) is 0 Å². The number of aliphatic carboxylic acids is 1. The van der Waals surface area contributed by atoms with Crippen molar-refractivity contribution in [2.45, 2.75) is 20.3 Å². The Morgan fingerprint density at radius 3 is 2.33 bits per heavy atom. The smallest absolute Gasteiger partial charge is 0.376 e. The van der Waals surface area contributed by atoms with Gasteiger partial charge in [-0.1, -0.05) is 6.92 Å². The molecule has 0 rings (SSSR count). The second-order valence-electron chi connectivity index (χ2n) is 2.07. The normalized spacial score (nSPS) is 11.0. The van der Waals surface area contributed by atoms with Crippen LogP contribution in [0.1, 0.15) is 20.3 Å². The van der Waals surface area contributed by atoms with E-state index in [9.17, 15) is 9.59 Å². The minimum Gasteiger partial charge on any atom is -0.498 e. The first-order valence-corrected chi connectivity index (χ1v) is 3.72. The third-order valence-electron chi connectivity index (χ3n) is 1.18. The Kier molecular flexibility index (Phi) is 4.76. The van der Waals surface area contributed by atoms with Gasteiger partial charge in [-0.3, -0.25) is 4.79 Å². The van der Waals surface area contributed by atoms with Gasteiger partial charge in [0.15, 0.2) is 0 Å². The fraction of sp³-hybridized carbons (Fsp3) is 0.500. The predicted molar refractivity (Wildman–Crippen MR) is 42.6 cm³/mol. The monoisotopic (exact) mass is 172 g/mol. The van der Waals surface area contributed by atoms with Crippen LogP contribution in [-0.2, 0) is 14.3 Å². The number of carboxylic acid groups (broad SMARTS) is 1. The van der Waals surface area contributed by atoms with Crippen molar-refractivity contribution in [2.24, 2.45) is 0 Å². The molecule has 0 aromatic heterocycles. The van der Waals surface area contributed by atoms with Crippen LogP contribution in [0.25, 0.3) is 0 Å². The average molecular weight is 172 g/mol. The zero-order chi connectivity index (χ0) is 9.56. The zero-order valence-electron chi connectivity index (χ0n) is 7.16. The Labute approximate surface area is 70.8 Å². The number of carbonyl (C=O) groups excluding carboxylic acids is 1. The molecule has 1 N–H and O–H groups in total. The molecular formula is C8H12O4. The number of allylic oxidation sites excluding steroid dienone is 1. The molecule has 0 unspecified atom stereocenters. The maximum atomic E-state index is 10.6. The Balaban J connectivity index is 4.27. The van der Waals surface area contributed by atoms with Crippen LogP contribution >= 0.6 is 0 Å².